The van der Waals surface area contributed by atoms with Crippen molar-refractivity contribution < 1.29 is 23.8 Å². The van der Waals surface area contributed by atoms with E-state index in [1.54, 1.807) is 0 Å². The molecule has 0 aromatic carbocycles. The van der Waals surface area contributed by atoms with Crippen molar-refractivity contribution in [3.05, 3.63) is 0 Å². The Bertz CT molecular complexity index is 159. The van der Waals surface area contributed by atoms with Crippen molar-refractivity contribution >= 4 is 20.2 Å². The standard InChI is InChI=1S/C6H15O5PS/c7-12(8,9)5-3-10-1-2-11-4-6-13/h13H,1-6H2,(H2,7,8,9). The Balaban J connectivity index is 3.04. The van der Waals surface area contributed by atoms with Gasteiger partial charge in [0.05, 0.1) is 32.6 Å². The molecule has 0 aromatic rings. The largest absolute Gasteiger partial charge is 0.378 e. The zero-order chi connectivity index (χ0) is 10.2. The maximum absolute atomic E-state index is 10.3. The molecule has 0 rings (SSSR count). The predicted octanol–water partition coefficient (Wildman–Crippen LogP) is 0.127. The molecule has 0 spiro atoms. The molecule has 80 valence electrons. The molecule has 0 unspecified atom stereocenters. The molecule has 0 heterocycles. The van der Waals surface area contributed by atoms with Crippen LogP contribution in [0.1, 0.15) is 0 Å². The summed E-state index contributed by atoms with van der Waals surface area (Å²) < 4.78 is 20.3. The lowest BCUT2D eigenvalue weighted by atomic mass is 10.7. The summed E-state index contributed by atoms with van der Waals surface area (Å²) in [4.78, 5) is 16.9. The minimum atomic E-state index is -3.91. The summed E-state index contributed by atoms with van der Waals surface area (Å²) in [6.45, 7) is 1.41. The Hall–Kier alpha value is 0.420. The second-order valence-electron chi connectivity index (χ2n) is 2.34. The van der Waals surface area contributed by atoms with Gasteiger partial charge in [-0.15, -0.1) is 0 Å². The van der Waals surface area contributed by atoms with Crippen molar-refractivity contribution in [3.63, 3.8) is 0 Å². The van der Waals surface area contributed by atoms with E-state index in [2.05, 4.69) is 12.6 Å². The Labute approximate surface area is 83.0 Å². The first kappa shape index (κ1) is 13.4. The summed E-state index contributed by atoms with van der Waals surface area (Å²) in [5, 5.41) is 0. The van der Waals surface area contributed by atoms with Gasteiger partial charge in [0.1, 0.15) is 0 Å². The van der Waals surface area contributed by atoms with Gasteiger partial charge in [-0.3, -0.25) is 4.57 Å². The molecule has 0 saturated heterocycles. The quantitative estimate of drug-likeness (QED) is 0.314. The average Bonchev–Trinajstić information content (AvgIpc) is 2.01. The fraction of sp³-hybridized carbons (Fsp3) is 1.00. The molecular weight excluding hydrogens is 215 g/mol. The van der Waals surface area contributed by atoms with Crippen molar-refractivity contribution in [2.75, 3.05) is 38.3 Å². The lowest BCUT2D eigenvalue weighted by molar-refractivity contribution is 0.0591. The van der Waals surface area contributed by atoms with Crippen molar-refractivity contribution in [2.24, 2.45) is 0 Å². The van der Waals surface area contributed by atoms with Gasteiger partial charge in [0.25, 0.3) is 0 Å². The second-order valence-corrected chi connectivity index (χ2v) is 4.56. The van der Waals surface area contributed by atoms with Crippen LogP contribution in [0.15, 0.2) is 0 Å². The molecule has 0 atom stereocenters. The topological polar surface area (TPSA) is 76.0 Å². The monoisotopic (exact) mass is 230 g/mol. The SMILES string of the molecule is O=P(O)(O)CCOCCOCCS. The van der Waals surface area contributed by atoms with E-state index >= 15 is 0 Å². The minimum Gasteiger partial charge on any atom is -0.378 e. The molecule has 0 aliphatic heterocycles. The van der Waals surface area contributed by atoms with Gasteiger partial charge < -0.3 is 19.3 Å². The van der Waals surface area contributed by atoms with Crippen LogP contribution >= 0.6 is 20.2 Å². The van der Waals surface area contributed by atoms with E-state index < -0.39 is 7.60 Å². The summed E-state index contributed by atoms with van der Waals surface area (Å²) in [5.41, 5.74) is 0. The Morgan fingerprint density at radius 2 is 1.62 bits per heavy atom. The first-order valence-electron chi connectivity index (χ1n) is 3.87. The highest BCUT2D eigenvalue weighted by molar-refractivity contribution is 7.80. The van der Waals surface area contributed by atoms with E-state index in [4.69, 9.17) is 19.3 Å². The first-order chi connectivity index (χ1) is 6.06. The molecule has 0 aliphatic rings. The normalized spacial score (nSPS) is 11.9. The molecule has 0 fully saturated rings. The van der Waals surface area contributed by atoms with Crippen molar-refractivity contribution in [1.29, 1.82) is 0 Å². The third kappa shape index (κ3) is 12.4. The van der Waals surface area contributed by atoms with Crippen LogP contribution in [-0.4, -0.2) is 48.1 Å². The highest BCUT2D eigenvalue weighted by Gasteiger charge is 2.11. The highest BCUT2D eigenvalue weighted by Crippen LogP contribution is 2.33. The molecule has 7 heteroatoms. The Morgan fingerprint density at radius 1 is 1.08 bits per heavy atom. The highest BCUT2D eigenvalue weighted by atomic mass is 32.1. The summed E-state index contributed by atoms with van der Waals surface area (Å²) in [7, 11) is -3.91. The lowest BCUT2D eigenvalue weighted by Crippen LogP contribution is -2.08. The lowest BCUT2D eigenvalue weighted by Gasteiger charge is -2.05. The first-order valence-corrected chi connectivity index (χ1v) is 6.30. The van der Waals surface area contributed by atoms with E-state index in [0.717, 1.165) is 0 Å². The van der Waals surface area contributed by atoms with Gasteiger partial charge in [-0.05, 0) is 0 Å². The van der Waals surface area contributed by atoms with Gasteiger partial charge in [0, 0.05) is 5.75 Å². The molecule has 2 N–H and O–H groups in total. The number of hydrogen-bond donors (Lipinski definition) is 3. The summed E-state index contributed by atoms with van der Waals surface area (Å²) in [5.74, 6) is 0.655. The van der Waals surface area contributed by atoms with E-state index in [-0.39, 0.29) is 12.8 Å². The number of ether oxygens (including phenoxy) is 2. The van der Waals surface area contributed by atoms with Crippen molar-refractivity contribution in [3.8, 4) is 0 Å². The van der Waals surface area contributed by atoms with Crippen LogP contribution in [0.25, 0.3) is 0 Å². The van der Waals surface area contributed by atoms with E-state index in [9.17, 15) is 4.57 Å². The summed E-state index contributed by atoms with van der Waals surface area (Å²) in [6, 6.07) is 0. The summed E-state index contributed by atoms with van der Waals surface area (Å²) >= 11 is 3.93. The Kier molecular flexibility index (Phi) is 8.04. The predicted molar refractivity (Wildman–Crippen MR) is 52.4 cm³/mol. The van der Waals surface area contributed by atoms with Gasteiger partial charge in [0.2, 0.25) is 0 Å². The van der Waals surface area contributed by atoms with Crippen LogP contribution in [0.4, 0.5) is 0 Å². The van der Waals surface area contributed by atoms with Crippen molar-refractivity contribution in [1.82, 2.24) is 0 Å². The maximum Gasteiger partial charge on any atom is 0.327 e. The second kappa shape index (κ2) is 7.79. The third-order valence-corrected chi connectivity index (χ3v) is 2.08. The zero-order valence-corrected chi connectivity index (χ0v) is 9.05. The fourth-order valence-electron chi connectivity index (χ4n) is 0.570. The van der Waals surface area contributed by atoms with Crippen LogP contribution in [-0.2, 0) is 14.0 Å². The van der Waals surface area contributed by atoms with E-state index in [0.29, 0.717) is 25.6 Å². The van der Waals surface area contributed by atoms with E-state index in [1.165, 1.54) is 0 Å². The van der Waals surface area contributed by atoms with Gasteiger partial charge in [0.15, 0.2) is 0 Å². The van der Waals surface area contributed by atoms with Gasteiger partial charge >= 0.3 is 7.60 Å². The fourth-order valence-corrected chi connectivity index (χ4v) is 1.07. The molecule has 0 bridgehead atoms. The molecule has 0 saturated carbocycles. The molecule has 13 heavy (non-hydrogen) atoms. The third-order valence-electron chi connectivity index (χ3n) is 1.13. The number of hydrogen-bond acceptors (Lipinski definition) is 4. The van der Waals surface area contributed by atoms with Crippen molar-refractivity contribution in [2.45, 2.75) is 0 Å². The van der Waals surface area contributed by atoms with Crippen LogP contribution in [0.2, 0.25) is 0 Å². The Morgan fingerprint density at radius 3 is 2.08 bits per heavy atom. The molecule has 5 nitrogen and oxygen atoms in total. The zero-order valence-electron chi connectivity index (χ0n) is 7.26. The number of thiol groups is 1. The molecule has 0 aliphatic carbocycles. The number of rotatable bonds is 8. The van der Waals surface area contributed by atoms with E-state index in [1.807, 2.05) is 0 Å². The molecule has 0 aromatic heterocycles. The molecule has 0 amide bonds. The average molecular weight is 230 g/mol. The van der Waals surface area contributed by atoms with Crippen LogP contribution in [0.3, 0.4) is 0 Å². The smallest absolute Gasteiger partial charge is 0.327 e. The molecular formula is C6H15O5PS. The van der Waals surface area contributed by atoms with Crippen LogP contribution < -0.4 is 0 Å². The van der Waals surface area contributed by atoms with Gasteiger partial charge in [-0.25, -0.2) is 0 Å². The van der Waals surface area contributed by atoms with Crippen LogP contribution in [0, 0.1) is 0 Å². The van der Waals surface area contributed by atoms with Gasteiger partial charge in [-0.1, -0.05) is 0 Å². The van der Waals surface area contributed by atoms with Gasteiger partial charge in [-0.2, -0.15) is 12.6 Å². The summed E-state index contributed by atoms with van der Waals surface area (Å²) in [6.07, 6.45) is -0.237. The maximum atomic E-state index is 10.3. The molecule has 0 radical (unpaired) electrons. The van der Waals surface area contributed by atoms with Crippen LogP contribution in [0.5, 0.6) is 0 Å². The minimum absolute atomic E-state index is 0.0640.